The van der Waals surface area contributed by atoms with E-state index in [9.17, 15) is 9.90 Å². The van der Waals surface area contributed by atoms with Gasteiger partial charge in [0.2, 0.25) is 5.91 Å². The predicted molar refractivity (Wildman–Crippen MR) is 101 cm³/mol. The average molecular weight is 340 g/mol. The van der Waals surface area contributed by atoms with Gasteiger partial charge in [-0.1, -0.05) is 60.7 Å². The van der Waals surface area contributed by atoms with Crippen molar-refractivity contribution in [1.29, 1.82) is 0 Å². The molecule has 2 aromatic rings. The first kappa shape index (κ1) is 19.2. The third kappa shape index (κ3) is 6.69. The van der Waals surface area contributed by atoms with Gasteiger partial charge < -0.3 is 10.4 Å². The maximum Gasteiger partial charge on any atom is 0.223 e. The van der Waals surface area contributed by atoms with Gasteiger partial charge >= 0.3 is 0 Å². The molecular formula is C21H28N2O2. The number of rotatable bonds is 8. The summed E-state index contributed by atoms with van der Waals surface area (Å²) in [6.45, 7) is 5.55. The molecule has 0 radical (unpaired) electrons. The van der Waals surface area contributed by atoms with E-state index in [-0.39, 0.29) is 17.9 Å². The van der Waals surface area contributed by atoms with Crippen molar-refractivity contribution in [3.63, 3.8) is 0 Å². The van der Waals surface area contributed by atoms with Crippen LogP contribution in [0.1, 0.15) is 37.5 Å². The minimum Gasteiger partial charge on any atom is -0.388 e. The molecule has 2 rings (SSSR count). The summed E-state index contributed by atoms with van der Waals surface area (Å²) < 4.78 is 0. The molecule has 4 nitrogen and oxygen atoms in total. The number of amides is 1. The minimum absolute atomic E-state index is 0.0653. The van der Waals surface area contributed by atoms with Crippen molar-refractivity contribution in [2.24, 2.45) is 0 Å². The molecule has 0 saturated heterocycles. The smallest absolute Gasteiger partial charge is 0.223 e. The van der Waals surface area contributed by atoms with Crippen molar-refractivity contribution < 1.29 is 9.90 Å². The number of hydrogen-bond acceptors (Lipinski definition) is 3. The topological polar surface area (TPSA) is 52.6 Å². The zero-order valence-corrected chi connectivity index (χ0v) is 15.3. The van der Waals surface area contributed by atoms with Gasteiger partial charge in [0.25, 0.3) is 0 Å². The quantitative estimate of drug-likeness (QED) is 0.776. The molecule has 2 aromatic carbocycles. The van der Waals surface area contributed by atoms with Crippen LogP contribution in [0.2, 0.25) is 0 Å². The third-order valence-corrected chi connectivity index (χ3v) is 4.00. The molecule has 1 atom stereocenters. The molecule has 0 aliphatic carbocycles. The van der Waals surface area contributed by atoms with Gasteiger partial charge in [-0.2, -0.15) is 0 Å². The molecule has 0 aliphatic heterocycles. The Bertz CT molecular complexity index is 656. The molecule has 0 spiro atoms. The van der Waals surface area contributed by atoms with E-state index in [2.05, 4.69) is 22.3 Å². The van der Waals surface area contributed by atoms with E-state index < -0.39 is 6.10 Å². The second-order valence-electron chi connectivity index (χ2n) is 7.22. The normalized spacial score (nSPS) is 12.8. The van der Waals surface area contributed by atoms with Gasteiger partial charge in [-0.05, 0) is 32.0 Å². The Hall–Kier alpha value is -2.17. The van der Waals surface area contributed by atoms with E-state index in [1.54, 1.807) is 0 Å². The summed E-state index contributed by atoms with van der Waals surface area (Å²) in [6, 6.07) is 19.5. The molecule has 134 valence electrons. The first-order valence-corrected chi connectivity index (χ1v) is 8.62. The molecule has 0 fully saturated rings. The van der Waals surface area contributed by atoms with Crippen molar-refractivity contribution in [2.75, 3.05) is 13.6 Å². The van der Waals surface area contributed by atoms with Crippen LogP contribution in [0.25, 0.3) is 0 Å². The summed E-state index contributed by atoms with van der Waals surface area (Å²) in [4.78, 5) is 14.5. The lowest BCUT2D eigenvalue weighted by atomic mass is 10.0. The molecule has 0 aliphatic rings. The van der Waals surface area contributed by atoms with Crippen molar-refractivity contribution in [1.82, 2.24) is 10.2 Å². The van der Waals surface area contributed by atoms with Gasteiger partial charge in [0.05, 0.1) is 12.5 Å². The molecule has 0 heterocycles. The maximum atomic E-state index is 12.3. The molecule has 1 unspecified atom stereocenters. The van der Waals surface area contributed by atoms with Crippen LogP contribution in [-0.4, -0.2) is 35.0 Å². The number of benzene rings is 2. The highest BCUT2D eigenvalue weighted by molar-refractivity contribution is 5.77. The van der Waals surface area contributed by atoms with Crippen molar-refractivity contribution in [3.05, 3.63) is 71.8 Å². The Labute approximate surface area is 150 Å². The van der Waals surface area contributed by atoms with Gasteiger partial charge in [0.1, 0.15) is 0 Å². The summed E-state index contributed by atoms with van der Waals surface area (Å²) in [5.41, 5.74) is 1.63. The summed E-state index contributed by atoms with van der Waals surface area (Å²) in [5.74, 6) is -0.144. The van der Waals surface area contributed by atoms with Crippen molar-refractivity contribution in [3.8, 4) is 0 Å². The Kier molecular flexibility index (Phi) is 6.73. The molecular weight excluding hydrogens is 312 g/mol. The lowest BCUT2D eigenvalue weighted by Gasteiger charge is -2.31. The van der Waals surface area contributed by atoms with Gasteiger partial charge in [-0.25, -0.2) is 0 Å². The number of likely N-dealkylation sites (N-methyl/N-ethyl adjacent to an activating group) is 1. The fourth-order valence-electron chi connectivity index (χ4n) is 3.06. The lowest BCUT2D eigenvalue weighted by Crippen LogP contribution is -2.50. The largest absolute Gasteiger partial charge is 0.388 e. The van der Waals surface area contributed by atoms with Crippen LogP contribution in [0, 0.1) is 0 Å². The van der Waals surface area contributed by atoms with Crippen LogP contribution >= 0.6 is 0 Å². The van der Waals surface area contributed by atoms with Crippen LogP contribution in [0.3, 0.4) is 0 Å². The fraction of sp³-hybridized carbons (Fsp3) is 0.381. The highest BCUT2D eigenvalue weighted by Crippen LogP contribution is 2.17. The lowest BCUT2D eigenvalue weighted by molar-refractivity contribution is -0.124. The van der Waals surface area contributed by atoms with Crippen LogP contribution in [0.15, 0.2) is 60.7 Å². The van der Waals surface area contributed by atoms with Crippen LogP contribution in [0.5, 0.6) is 0 Å². The van der Waals surface area contributed by atoms with Gasteiger partial charge in [-0.15, -0.1) is 0 Å². The van der Waals surface area contributed by atoms with E-state index in [4.69, 9.17) is 0 Å². The van der Waals surface area contributed by atoms with Gasteiger partial charge in [0.15, 0.2) is 0 Å². The van der Waals surface area contributed by atoms with Crippen molar-refractivity contribution >= 4 is 5.91 Å². The number of aliphatic hydroxyl groups is 1. The first-order valence-electron chi connectivity index (χ1n) is 8.62. The number of nitrogens with zero attached hydrogens (tertiary/aromatic N) is 1. The Morgan fingerprint density at radius 2 is 1.64 bits per heavy atom. The molecule has 2 N–H and O–H groups in total. The van der Waals surface area contributed by atoms with E-state index >= 15 is 0 Å². The summed E-state index contributed by atoms with van der Waals surface area (Å²) >= 11 is 0. The Morgan fingerprint density at radius 1 is 1.08 bits per heavy atom. The monoisotopic (exact) mass is 340 g/mol. The van der Waals surface area contributed by atoms with Gasteiger partial charge in [0, 0.05) is 18.6 Å². The second kappa shape index (κ2) is 8.79. The average Bonchev–Trinajstić information content (AvgIpc) is 2.55. The van der Waals surface area contributed by atoms with E-state index in [0.29, 0.717) is 0 Å². The minimum atomic E-state index is -0.779. The van der Waals surface area contributed by atoms with Crippen LogP contribution < -0.4 is 5.32 Å². The van der Waals surface area contributed by atoms with Crippen LogP contribution in [-0.2, 0) is 11.3 Å². The standard InChI is InChI=1S/C21H28N2O2/c1-21(2,16-23(3)15-17-10-6-4-7-11-17)22-20(25)14-19(24)18-12-8-5-9-13-18/h4-13,19,24H,14-16H2,1-3H3,(H,22,25). The Morgan fingerprint density at radius 3 is 2.24 bits per heavy atom. The number of aliphatic hydroxyl groups excluding tert-OH is 1. The maximum absolute atomic E-state index is 12.3. The zero-order chi connectivity index (χ0) is 18.3. The summed E-state index contributed by atoms with van der Waals surface area (Å²) in [7, 11) is 2.04. The molecule has 4 heteroatoms. The number of hydrogen-bond donors (Lipinski definition) is 2. The summed E-state index contributed by atoms with van der Waals surface area (Å²) in [6.07, 6.45) is -0.713. The fourth-order valence-corrected chi connectivity index (χ4v) is 3.06. The predicted octanol–water partition coefficient (Wildman–Crippen LogP) is 3.14. The SMILES string of the molecule is CN(Cc1ccccc1)CC(C)(C)NC(=O)CC(O)c1ccccc1. The highest BCUT2D eigenvalue weighted by atomic mass is 16.3. The number of carbonyl (C=O) groups excluding carboxylic acids is 1. The van der Waals surface area contributed by atoms with Crippen molar-refractivity contribution in [2.45, 2.75) is 38.5 Å². The van der Waals surface area contributed by atoms with E-state index in [1.807, 2.05) is 69.4 Å². The molecule has 0 saturated carbocycles. The van der Waals surface area contributed by atoms with E-state index in [1.165, 1.54) is 5.56 Å². The van der Waals surface area contributed by atoms with Gasteiger partial charge in [-0.3, -0.25) is 9.69 Å². The summed E-state index contributed by atoms with van der Waals surface area (Å²) in [5, 5.41) is 13.2. The molecule has 1 amide bonds. The Balaban J connectivity index is 1.83. The zero-order valence-electron chi connectivity index (χ0n) is 15.3. The molecule has 0 aromatic heterocycles. The first-order chi connectivity index (χ1) is 11.9. The number of carbonyl (C=O) groups is 1. The molecule has 25 heavy (non-hydrogen) atoms. The highest BCUT2D eigenvalue weighted by Gasteiger charge is 2.24. The third-order valence-electron chi connectivity index (χ3n) is 4.00. The second-order valence-corrected chi connectivity index (χ2v) is 7.22. The molecule has 0 bridgehead atoms. The van der Waals surface area contributed by atoms with Crippen LogP contribution in [0.4, 0.5) is 0 Å². The van der Waals surface area contributed by atoms with E-state index in [0.717, 1.165) is 18.7 Å². The number of nitrogens with one attached hydrogen (secondary N) is 1.